The van der Waals surface area contributed by atoms with Crippen LogP contribution >= 0.6 is 0 Å². The summed E-state index contributed by atoms with van der Waals surface area (Å²) < 4.78 is 0. The molecule has 0 amide bonds. The maximum Gasteiger partial charge on any atom is 0.0178 e. The molecule has 0 radical (unpaired) electrons. The van der Waals surface area contributed by atoms with Crippen LogP contribution in [0.1, 0.15) is 27.2 Å². The van der Waals surface area contributed by atoms with Crippen molar-refractivity contribution in [2.45, 2.75) is 33.2 Å². The van der Waals surface area contributed by atoms with Gasteiger partial charge in [-0.15, -0.1) is 0 Å². The Bertz CT molecular complexity index is 152. The van der Waals surface area contributed by atoms with E-state index in [1.54, 1.807) is 0 Å². The molecule has 1 saturated heterocycles. The first-order valence-corrected chi connectivity index (χ1v) is 5.30. The van der Waals surface area contributed by atoms with Gasteiger partial charge in [0.25, 0.3) is 0 Å². The fraction of sp³-hybridized carbons (Fsp3) is 1.00. The highest BCUT2D eigenvalue weighted by Crippen LogP contribution is 2.31. The average molecular weight is 184 g/mol. The molecule has 78 valence electrons. The predicted molar refractivity (Wildman–Crippen MR) is 57.9 cm³/mol. The highest BCUT2D eigenvalue weighted by atomic mass is 15.1. The maximum absolute atomic E-state index is 3.45. The van der Waals surface area contributed by atoms with Crippen molar-refractivity contribution in [1.29, 1.82) is 0 Å². The van der Waals surface area contributed by atoms with Crippen molar-refractivity contribution in [3.8, 4) is 0 Å². The molecule has 0 spiro atoms. The zero-order valence-corrected chi connectivity index (χ0v) is 9.72. The van der Waals surface area contributed by atoms with E-state index in [1.807, 2.05) is 0 Å². The first kappa shape index (κ1) is 11.0. The van der Waals surface area contributed by atoms with Gasteiger partial charge in [-0.2, -0.15) is 0 Å². The summed E-state index contributed by atoms with van der Waals surface area (Å²) in [4.78, 5) is 2.39. The molecule has 0 aromatic heterocycles. The van der Waals surface area contributed by atoms with E-state index < -0.39 is 0 Å². The van der Waals surface area contributed by atoms with Crippen molar-refractivity contribution >= 4 is 0 Å². The molecule has 0 bridgehead atoms. The monoisotopic (exact) mass is 184 g/mol. The van der Waals surface area contributed by atoms with E-state index in [4.69, 9.17) is 0 Å². The smallest absolute Gasteiger partial charge is 0.0178 e. The van der Waals surface area contributed by atoms with Crippen LogP contribution in [0.25, 0.3) is 0 Å². The normalized spacial score (nSPS) is 26.8. The molecule has 2 unspecified atom stereocenters. The molecule has 1 aliphatic heterocycles. The van der Waals surface area contributed by atoms with Crippen molar-refractivity contribution in [1.82, 2.24) is 10.2 Å². The summed E-state index contributed by atoms with van der Waals surface area (Å²) in [7, 11) is 4.41. The van der Waals surface area contributed by atoms with Gasteiger partial charge in [0.1, 0.15) is 0 Å². The SMILES string of the molecule is CN(C)C(C1CCNC1)C(C)(C)C. The van der Waals surface area contributed by atoms with Gasteiger partial charge in [0.15, 0.2) is 0 Å². The van der Waals surface area contributed by atoms with E-state index in [0.29, 0.717) is 11.5 Å². The van der Waals surface area contributed by atoms with Crippen LogP contribution in [0.4, 0.5) is 0 Å². The highest BCUT2D eigenvalue weighted by Gasteiger charge is 2.35. The molecule has 1 heterocycles. The summed E-state index contributed by atoms with van der Waals surface area (Å²) in [5, 5.41) is 3.45. The summed E-state index contributed by atoms with van der Waals surface area (Å²) in [6.07, 6.45) is 1.33. The van der Waals surface area contributed by atoms with Crippen molar-refractivity contribution in [3.63, 3.8) is 0 Å². The molecule has 1 fully saturated rings. The fourth-order valence-electron chi connectivity index (χ4n) is 2.85. The second-order valence-corrected chi connectivity index (χ2v) is 5.53. The van der Waals surface area contributed by atoms with Crippen LogP contribution in [-0.2, 0) is 0 Å². The van der Waals surface area contributed by atoms with E-state index >= 15 is 0 Å². The molecule has 1 rings (SSSR count). The van der Waals surface area contributed by atoms with Gasteiger partial charge in [-0.1, -0.05) is 20.8 Å². The molecule has 2 nitrogen and oxygen atoms in total. The summed E-state index contributed by atoms with van der Waals surface area (Å²) >= 11 is 0. The molecule has 0 saturated carbocycles. The predicted octanol–water partition coefficient (Wildman–Crippen LogP) is 1.57. The molecule has 1 N–H and O–H groups in total. The summed E-state index contributed by atoms with van der Waals surface area (Å²) in [6.45, 7) is 9.42. The lowest BCUT2D eigenvalue weighted by atomic mass is 9.78. The summed E-state index contributed by atoms with van der Waals surface area (Å²) in [6, 6.07) is 0.697. The van der Waals surface area contributed by atoms with Crippen LogP contribution in [0.5, 0.6) is 0 Å². The largest absolute Gasteiger partial charge is 0.316 e. The van der Waals surface area contributed by atoms with E-state index in [2.05, 4.69) is 45.1 Å². The van der Waals surface area contributed by atoms with Gasteiger partial charge >= 0.3 is 0 Å². The lowest BCUT2D eigenvalue weighted by Gasteiger charge is -2.40. The molecule has 0 aromatic rings. The number of nitrogens with zero attached hydrogens (tertiary/aromatic N) is 1. The Kier molecular flexibility index (Phi) is 3.36. The van der Waals surface area contributed by atoms with Gasteiger partial charge in [0.05, 0.1) is 0 Å². The van der Waals surface area contributed by atoms with Gasteiger partial charge in [-0.05, 0) is 44.9 Å². The molecular formula is C11H24N2. The number of nitrogens with one attached hydrogen (secondary N) is 1. The second-order valence-electron chi connectivity index (χ2n) is 5.53. The van der Waals surface area contributed by atoms with Crippen molar-refractivity contribution in [2.24, 2.45) is 11.3 Å². The Labute approximate surface area is 82.7 Å². The van der Waals surface area contributed by atoms with E-state index in [1.165, 1.54) is 19.5 Å². The topological polar surface area (TPSA) is 15.3 Å². The molecule has 13 heavy (non-hydrogen) atoms. The van der Waals surface area contributed by atoms with Crippen molar-refractivity contribution < 1.29 is 0 Å². The molecule has 0 aliphatic carbocycles. The Hall–Kier alpha value is -0.0800. The summed E-state index contributed by atoms with van der Waals surface area (Å²) in [5.41, 5.74) is 0.389. The third-order valence-corrected chi connectivity index (χ3v) is 2.99. The standard InChI is InChI=1S/C11H24N2/c1-11(2,3)10(13(4)5)9-6-7-12-8-9/h9-10,12H,6-8H2,1-5H3. The molecule has 0 aromatic carbocycles. The van der Waals surface area contributed by atoms with Crippen LogP contribution in [0.15, 0.2) is 0 Å². The van der Waals surface area contributed by atoms with Crippen LogP contribution in [0.2, 0.25) is 0 Å². The summed E-state index contributed by atoms with van der Waals surface area (Å²) in [5.74, 6) is 0.829. The molecule has 1 aliphatic rings. The zero-order chi connectivity index (χ0) is 10.1. The third kappa shape index (κ3) is 2.68. The van der Waals surface area contributed by atoms with E-state index in [-0.39, 0.29) is 0 Å². The Morgan fingerprint density at radius 1 is 1.31 bits per heavy atom. The van der Waals surface area contributed by atoms with Gasteiger partial charge in [0, 0.05) is 6.04 Å². The molecule has 2 atom stereocenters. The number of hydrogen-bond donors (Lipinski definition) is 1. The molecular weight excluding hydrogens is 160 g/mol. The Balaban J connectivity index is 2.67. The molecule has 2 heteroatoms. The average Bonchev–Trinajstić information content (AvgIpc) is 2.34. The number of hydrogen-bond acceptors (Lipinski definition) is 2. The van der Waals surface area contributed by atoms with Crippen LogP contribution in [-0.4, -0.2) is 38.1 Å². The minimum atomic E-state index is 0.389. The van der Waals surface area contributed by atoms with Crippen LogP contribution < -0.4 is 5.32 Å². The van der Waals surface area contributed by atoms with Gasteiger partial charge in [-0.25, -0.2) is 0 Å². The quantitative estimate of drug-likeness (QED) is 0.701. The van der Waals surface area contributed by atoms with Crippen LogP contribution in [0, 0.1) is 11.3 Å². The first-order valence-electron chi connectivity index (χ1n) is 5.30. The lowest BCUT2D eigenvalue weighted by molar-refractivity contribution is 0.101. The van der Waals surface area contributed by atoms with Gasteiger partial charge in [-0.3, -0.25) is 0 Å². The minimum Gasteiger partial charge on any atom is -0.316 e. The highest BCUT2D eigenvalue weighted by molar-refractivity contribution is 4.90. The number of rotatable bonds is 2. The van der Waals surface area contributed by atoms with Crippen LogP contribution in [0.3, 0.4) is 0 Å². The minimum absolute atomic E-state index is 0.389. The maximum atomic E-state index is 3.45. The Morgan fingerprint density at radius 2 is 1.92 bits per heavy atom. The third-order valence-electron chi connectivity index (χ3n) is 2.99. The zero-order valence-electron chi connectivity index (χ0n) is 9.72. The lowest BCUT2D eigenvalue weighted by Crippen LogP contribution is -2.45. The van der Waals surface area contributed by atoms with Gasteiger partial charge in [0.2, 0.25) is 0 Å². The fourth-order valence-corrected chi connectivity index (χ4v) is 2.85. The first-order chi connectivity index (χ1) is 5.93. The van der Waals surface area contributed by atoms with Crippen molar-refractivity contribution in [3.05, 3.63) is 0 Å². The van der Waals surface area contributed by atoms with E-state index in [0.717, 1.165) is 5.92 Å². The van der Waals surface area contributed by atoms with E-state index in [9.17, 15) is 0 Å². The van der Waals surface area contributed by atoms with Gasteiger partial charge < -0.3 is 10.2 Å². The second kappa shape index (κ2) is 3.97. The van der Waals surface area contributed by atoms with Crippen molar-refractivity contribution in [2.75, 3.05) is 27.2 Å². The Morgan fingerprint density at radius 3 is 2.23 bits per heavy atom.